The summed E-state index contributed by atoms with van der Waals surface area (Å²) in [4.78, 5) is 88.8. The van der Waals surface area contributed by atoms with Crippen molar-refractivity contribution in [2.24, 2.45) is 17.6 Å². The molecule has 1 aromatic heterocycles. The second-order valence-corrected chi connectivity index (χ2v) is 15.2. The number of carbonyl (C=O) groups is 7. The fourth-order valence-corrected chi connectivity index (χ4v) is 6.90. The van der Waals surface area contributed by atoms with Gasteiger partial charge >= 0.3 is 12.1 Å². The molecule has 62 heavy (non-hydrogen) atoms. The van der Waals surface area contributed by atoms with Crippen LogP contribution in [0.3, 0.4) is 0 Å². The van der Waals surface area contributed by atoms with E-state index in [2.05, 4.69) is 21.0 Å². The van der Waals surface area contributed by atoms with Crippen molar-refractivity contribution in [3.8, 4) is 11.3 Å². The number of hydrogen-bond acceptors (Lipinski definition) is 12. The van der Waals surface area contributed by atoms with Crippen molar-refractivity contribution in [2.45, 2.75) is 65.5 Å². The van der Waals surface area contributed by atoms with Gasteiger partial charge in [0.2, 0.25) is 11.8 Å². The number of rotatable bonds is 25. The normalized spacial score (nSPS) is 12.7. The van der Waals surface area contributed by atoms with Crippen molar-refractivity contribution in [1.29, 1.82) is 0 Å². The molecule has 1 aliphatic carbocycles. The lowest BCUT2D eigenvalue weighted by molar-refractivity contribution is -0.131. The maximum atomic E-state index is 13.6. The molecule has 17 nitrogen and oxygen atoms in total. The van der Waals surface area contributed by atoms with Crippen molar-refractivity contribution in [3.05, 3.63) is 83.4 Å². The summed E-state index contributed by atoms with van der Waals surface area (Å²) in [5.74, 6) is -2.27. The predicted molar refractivity (Wildman–Crippen MR) is 228 cm³/mol. The van der Waals surface area contributed by atoms with Crippen molar-refractivity contribution >= 4 is 57.9 Å². The molecule has 1 aliphatic rings. The fourth-order valence-electron chi connectivity index (χ4n) is 6.90. The number of hydrogen-bond donors (Lipinski definition) is 4. The van der Waals surface area contributed by atoms with Crippen LogP contribution in [-0.4, -0.2) is 103 Å². The number of aromatic nitrogens is 2. The molecule has 0 radical (unpaired) electrons. The molecule has 0 aliphatic heterocycles. The molecule has 0 fully saturated rings. The van der Waals surface area contributed by atoms with E-state index in [-0.39, 0.29) is 74.8 Å². The minimum atomic E-state index is -0.853. The number of Topliss-reactive ketones (excluding diaryl/α,β-unsaturated/α-hetero) is 2. The van der Waals surface area contributed by atoms with Crippen LogP contribution >= 0.6 is 0 Å². The highest BCUT2D eigenvalue weighted by atomic mass is 16.6. The van der Waals surface area contributed by atoms with Crippen LogP contribution < -0.4 is 21.7 Å². The molecule has 0 saturated carbocycles. The summed E-state index contributed by atoms with van der Waals surface area (Å²) in [5.41, 5.74) is 8.87. The van der Waals surface area contributed by atoms with E-state index in [0.717, 1.165) is 4.68 Å². The first kappa shape index (κ1) is 46.8. The highest BCUT2D eigenvalue weighted by molar-refractivity contribution is 6.25. The van der Waals surface area contributed by atoms with E-state index < -0.39 is 30.0 Å². The summed E-state index contributed by atoms with van der Waals surface area (Å²) < 4.78 is 23.0. The van der Waals surface area contributed by atoms with Crippen molar-refractivity contribution in [3.63, 3.8) is 0 Å². The number of anilines is 1. The third-order valence-electron chi connectivity index (χ3n) is 10.1. The Morgan fingerprint density at radius 2 is 1.44 bits per heavy atom. The number of urea groups is 1. The molecular formula is C45H54N6O11. The van der Waals surface area contributed by atoms with Gasteiger partial charge in [0.1, 0.15) is 18.1 Å². The minimum Gasteiger partial charge on any atom is -0.443 e. The largest absolute Gasteiger partial charge is 0.443 e. The van der Waals surface area contributed by atoms with Crippen LogP contribution in [-0.2, 0) is 44.7 Å². The van der Waals surface area contributed by atoms with E-state index in [4.69, 9.17) is 24.7 Å². The summed E-state index contributed by atoms with van der Waals surface area (Å²) >= 11 is 0. The molecule has 3 aromatic carbocycles. The summed E-state index contributed by atoms with van der Waals surface area (Å²) in [6, 6.07) is 17.3. The van der Waals surface area contributed by atoms with E-state index >= 15 is 0 Å². The summed E-state index contributed by atoms with van der Waals surface area (Å²) in [6.45, 7) is 6.94. The van der Waals surface area contributed by atoms with Gasteiger partial charge in [0.25, 0.3) is 0 Å². The topological polar surface area (TPSA) is 236 Å². The van der Waals surface area contributed by atoms with Gasteiger partial charge in [-0.05, 0) is 49.4 Å². The van der Waals surface area contributed by atoms with E-state index in [0.29, 0.717) is 83.8 Å². The maximum Gasteiger partial charge on any atom is 0.435 e. The zero-order valence-electron chi connectivity index (χ0n) is 35.2. The monoisotopic (exact) mass is 854 g/mol. The average molecular weight is 855 g/mol. The van der Waals surface area contributed by atoms with E-state index in [1.54, 1.807) is 74.5 Å². The Labute approximate surface area is 359 Å². The number of ketones is 3. The van der Waals surface area contributed by atoms with Gasteiger partial charge in [0.15, 0.2) is 11.6 Å². The molecule has 0 unspecified atom stereocenters. The van der Waals surface area contributed by atoms with Gasteiger partial charge in [-0.2, -0.15) is 9.78 Å². The first-order valence-corrected chi connectivity index (χ1v) is 20.6. The van der Waals surface area contributed by atoms with Crippen molar-refractivity contribution in [2.75, 3.05) is 51.5 Å². The molecule has 5 N–H and O–H groups in total. The number of ether oxygens (including phenoxy) is 4. The number of nitrogens with zero attached hydrogens (tertiary/aromatic N) is 2. The SMILES string of the molecule is CC(=O)CCOCCOCCOCCC(=O)N[C@H](C(=O)C[C@@H](CCCNC(N)=O)C(=O)Nc1ccc(COC(=O)n2nc3c4c(cccc42)C(=O)c2ccccc2-3)cc1)C(C)C. The number of fused-ring (bicyclic) bond motifs is 2. The highest BCUT2D eigenvalue weighted by Gasteiger charge is 2.31. The molecular weight excluding hydrogens is 801 g/mol. The molecule has 17 heteroatoms. The van der Waals surface area contributed by atoms with Gasteiger partial charge < -0.3 is 40.6 Å². The first-order chi connectivity index (χ1) is 29.8. The van der Waals surface area contributed by atoms with Crippen LogP contribution in [0.1, 0.15) is 74.4 Å². The predicted octanol–water partition coefficient (Wildman–Crippen LogP) is 4.95. The number of carbonyl (C=O) groups excluding carboxylic acids is 7. The van der Waals surface area contributed by atoms with Gasteiger partial charge in [0.05, 0.1) is 51.2 Å². The lowest BCUT2D eigenvalue weighted by Gasteiger charge is -2.24. The lowest BCUT2D eigenvalue weighted by Crippen LogP contribution is -2.45. The van der Waals surface area contributed by atoms with Crippen LogP contribution in [0.2, 0.25) is 0 Å². The summed E-state index contributed by atoms with van der Waals surface area (Å²) in [6.07, 6.45) is 0.0872. The Morgan fingerprint density at radius 1 is 0.790 bits per heavy atom. The molecule has 330 valence electrons. The summed E-state index contributed by atoms with van der Waals surface area (Å²) in [5, 5.41) is 13.3. The smallest absolute Gasteiger partial charge is 0.435 e. The quantitative estimate of drug-likeness (QED) is 0.0571. The Hall–Kier alpha value is -6.30. The van der Waals surface area contributed by atoms with E-state index in [9.17, 15) is 33.6 Å². The number of primary amides is 1. The minimum absolute atomic E-state index is 0.0155. The van der Waals surface area contributed by atoms with E-state index in [1.165, 1.54) is 6.92 Å². The second kappa shape index (κ2) is 23.1. The standard InChI is InChI=1S/C45H54N6O11/c1-28(2)40(49-38(54)18-21-60-23-25-61-24-22-59-20-17-29(3)52)37(53)26-31(8-7-19-47-44(46)57)43(56)48-32-15-13-30(14-16-32)27-62-45(58)51-36-12-6-11-35-39(36)41(50-51)33-9-4-5-10-34(33)42(35)55/h4-6,9-16,28,31,40H,7-8,17-27H2,1-3H3,(H,48,56)(H,49,54)(H3,46,47,57)/t31-,40+/m1/s1. The number of benzene rings is 3. The number of nitrogens with two attached hydrogens (primary N) is 1. The third kappa shape index (κ3) is 13.1. The van der Waals surface area contributed by atoms with Crippen LogP contribution in [0.5, 0.6) is 0 Å². The van der Waals surface area contributed by atoms with Gasteiger partial charge in [0, 0.05) is 59.5 Å². The van der Waals surface area contributed by atoms with Crippen LogP contribution in [0.4, 0.5) is 15.3 Å². The molecule has 0 bridgehead atoms. The fraction of sp³-hybridized carbons (Fsp3) is 0.422. The average Bonchev–Trinajstić information content (AvgIpc) is 3.64. The Kier molecular flexibility index (Phi) is 17.4. The van der Waals surface area contributed by atoms with Gasteiger partial charge in [-0.3, -0.25) is 24.0 Å². The highest BCUT2D eigenvalue weighted by Crippen LogP contribution is 2.38. The van der Waals surface area contributed by atoms with Crippen LogP contribution in [0.25, 0.3) is 22.2 Å². The molecule has 0 saturated heterocycles. The molecule has 1 heterocycles. The third-order valence-corrected chi connectivity index (χ3v) is 10.1. The lowest BCUT2D eigenvalue weighted by atomic mass is 9.87. The number of nitrogens with one attached hydrogen (secondary N) is 3. The van der Waals surface area contributed by atoms with Gasteiger partial charge in [-0.1, -0.05) is 62.4 Å². The maximum absolute atomic E-state index is 13.6. The van der Waals surface area contributed by atoms with Crippen molar-refractivity contribution in [1.82, 2.24) is 20.4 Å². The molecule has 5 rings (SSSR count). The Morgan fingerprint density at radius 3 is 2.10 bits per heavy atom. The second-order valence-electron chi connectivity index (χ2n) is 15.2. The molecule has 2 atom stereocenters. The van der Waals surface area contributed by atoms with Crippen molar-refractivity contribution < 1.29 is 52.5 Å². The number of amides is 4. The van der Waals surface area contributed by atoms with Crippen LogP contribution in [0.15, 0.2) is 66.7 Å². The molecule has 4 aromatic rings. The van der Waals surface area contributed by atoms with E-state index in [1.807, 2.05) is 6.07 Å². The van der Waals surface area contributed by atoms with Gasteiger partial charge in [-0.25, -0.2) is 9.59 Å². The first-order valence-electron chi connectivity index (χ1n) is 20.6. The zero-order valence-corrected chi connectivity index (χ0v) is 35.2. The zero-order chi connectivity index (χ0) is 44.6. The molecule has 4 amide bonds. The van der Waals surface area contributed by atoms with Crippen LogP contribution in [0, 0.1) is 11.8 Å². The Bertz CT molecular complexity index is 2240. The summed E-state index contributed by atoms with van der Waals surface area (Å²) in [7, 11) is 0. The van der Waals surface area contributed by atoms with Gasteiger partial charge in [-0.15, -0.1) is 0 Å². The molecule has 0 spiro atoms. The Balaban J connectivity index is 1.12.